The number of aryl methyl sites for hydroxylation is 1. The SMILES string of the molecule is COc1ccc(OC)c(NC(=O)c2c(NCc3cccs3)sc3c2CCC3)c1. The van der Waals surface area contributed by atoms with Gasteiger partial charge in [-0.3, -0.25) is 4.79 Å². The number of thiophene rings is 2. The number of hydrogen-bond donors (Lipinski definition) is 2. The van der Waals surface area contributed by atoms with Crippen LogP contribution in [0.3, 0.4) is 0 Å². The van der Waals surface area contributed by atoms with E-state index in [1.54, 1.807) is 49.0 Å². The Morgan fingerprint density at radius 2 is 2.07 bits per heavy atom. The van der Waals surface area contributed by atoms with Crippen molar-refractivity contribution in [1.82, 2.24) is 0 Å². The largest absolute Gasteiger partial charge is 0.497 e. The molecule has 1 amide bonds. The number of rotatable bonds is 7. The van der Waals surface area contributed by atoms with E-state index in [0.29, 0.717) is 17.2 Å². The highest BCUT2D eigenvalue weighted by Gasteiger charge is 2.27. The van der Waals surface area contributed by atoms with E-state index in [0.717, 1.165) is 36.4 Å². The molecular formula is C21H22N2O3S2. The predicted octanol–water partition coefficient (Wildman–Crippen LogP) is 5.18. The second-order valence-electron chi connectivity index (χ2n) is 6.51. The summed E-state index contributed by atoms with van der Waals surface area (Å²) in [6, 6.07) is 9.52. The lowest BCUT2D eigenvalue weighted by Gasteiger charge is -2.13. The smallest absolute Gasteiger partial charge is 0.259 e. The van der Waals surface area contributed by atoms with Crippen molar-refractivity contribution >= 4 is 39.3 Å². The third-order valence-electron chi connectivity index (χ3n) is 4.81. The second kappa shape index (κ2) is 8.24. The first kappa shape index (κ1) is 18.8. The molecule has 5 nitrogen and oxygen atoms in total. The number of ether oxygens (including phenoxy) is 2. The fourth-order valence-corrected chi connectivity index (χ4v) is 5.37. The van der Waals surface area contributed by atoms with Crippen LogP contribution in [0.4, 0.5) is 10.7 Å². The maximum Gasteiger partial charge on any atom is 0.259 e. The number of nitrogens with one attached hydrogen (secondary N) is 2. The Hall–Kier alpha value is -2.51. The summed E-state index contributed by atoms with van der Waals surface area (Å²) in [5.74, 6) is 1.16. The normalized spacial score (nSPS) is 12.5. The van der Waals surface area contributed by atoms with Gasteiger partial charge in [-0.25, -0.2) is 0 Å². The molecule has 1 aliphatic carbocycles. The highest BCUT2D eigenvalue weighted by atomic mass is 32.1. The topological polar surface area (TPSA) is 59.6 Å². The van der Waals surface area contributed by atoms with Gasteiger partial charge in [0.1, 0.15) is 16.5 Å². The van der Waals surface area contributed by atoms with E-state index in [1.165, 1.54) is 15.3 Å². The van der Waals surface area contributed by atoms with Crippen LogP contribution in [0.25, 0.3) is 0 Å². The molecule has 7 heteroatoms. The molecule has 3 aromatic rings. The lowest BCUT2D eigenvalue weighted by molar-refractivity contribution is 0.102. The molecule has 28 heavy (non-hydrogen) atoms. The fraction of sp³-hybridized carbons (Fsp3) is 0.286. The summed E-state index contributed by atoms with van der Waals surface area (Å²) >= 11 is 3.41. The molecule has 1 aliphatic rings. The third-order valence-corrected chi connectivity index (χ3v) is 6.93. The van der Waals surface area contributed by atoms with Gasteiger partial charge >= 0.3 is 0 Å². The number of amides is 1. The summed E-state index contributed by atoms with van der Waals surface area (Å²) in [5.41, 5.74) is 2.55. The number of benzene rings is 1. The molecule has 0 bridgehead atoms. The molecule has 0 unspecified atom stereocenters. The molecule has 146 valence electrons. The fourth-order valence-electron chi connectivity index (χ4n) is 3.45. The standard InChI is InChI=1S/C21H22N2O3S2/c1-25-13-8-9-17(26-2)16(11-13)23-20(24)19-15-6-3-7-18(15)28-21(19)22-12-14-5-4-10-27-14/h4-5,8-11,22H,3,6-7,12H2,1-2H3,(H,23,24). The Labute approximate surface area is 172 Å². The maximum atomic E-state index is 13.2. The molecule has 2 N–H and O–H groups in total. The molecule has 0 radical (unpaired) electrons. The zero-order valence-corrected chi connectivity index (χ0v) is 17.5. The van der Waals surface area contributed by atoms with Crippen molar-refractivity contribution in [3.63, 3.8) is 0 Å². The number of hydrogen-bond acceptors (Lipinski definition) is 6. The Bertz CT molecular complexity index is 980. The summed E-state index contributed by atoms with van der Waals surface area (Å²) < 4.78 is 10.7. The Morgan fingerprint density at radius 1 is 1.18 bits per heavy atom. The van der Waals surface area contributed by atoms with Gasteiger partial charge in [0.2, 0.25) is 0 Å². The van der Waals surface area contributed by atoms with E-state index in [2.05, 4.69) is 22.1 Å². The Kier molecular flexibility index (Phi) is 5.54. The van der Waals surface area contributed by atoms with Crippen molar-refractivity contribution in [2.45, 2.75) is 25.8 Å². The summed E-state index contributed by atoms with van der Waals surface area (Å²) in [6.07, 6.45) is 3.10. The number of carbonyl (C=O) groups is 1. The highest BCUT2D eigenvalue weighted by Crippen LogP contribution is 2.40. The zero-order valence-electron chi connectivity index (χ0n) is 15.8. The van der Waals surface area contributed by atoms with Gasteiger partial charge in [0.15, 0.2) is 0 Å². The average Bonchev–Trinajstić information content (AvgIpc) is 3.43. The van der Waals surface area contributed by atoms with Crippen molar-refractivity contribution in [2.24, 2.45) is 0 Å². The number of methoxy groups -OCH3 is 2. The first-order chi connectivity index (χ1) is 13.7. The zero-order chi connectivity index (χ0) is 19.5. The van der Waals surface area contributed by atoms with Gasteiger partial charge in [-0.2, -0.15) is 0 Å². The van der Waals surface area contributed by atoms with Crippen LogP contribution >= 0.6 is 22.7 Å². The van der Waals surface area contributed by atoms with Crippen LogP contribution in [0.5, 0.6) is 11.5 Å². The summed E-state index contributed by atoms with van der Waals surface area (Å²) in [7, 11) is 3.19. The maximum absolute atomic E-state index is 13.2. The Morgan fingerprint density at radius 3 is 2.82 bits per heavy atom. The van der Waals surface area contributed by atoms with Crippen LogP contribution in [-0.2, 0) is 19.4 Å². The van der Waals surface area contributed by atoms with Crippen LogP contribution in [0, 0.1) is 0 Å². The van der Waals surface area contributed by atoms with Gasteiger partial charge in [-0.15, -0.1) is 22.7 Å². The number of carbonyl (C=O) groups excluding carboxylic acids is 1. The molecule has 0 fully saturated rings. The monoisotopic (exact) mass is 414 g/mol. The molecule has 0 spiro atoms. The quantitative estimate of drug-likeness (QED) is 0.559. The van der Waals surface area contributed by atoms with Crippen LogP contribution in [0.2, 0.25) is 0 Å². The van der Waals surface area contributed by atoms with E-state index < -0.39 is 0 Å². The van der Waals surface area contributed by atoms with Crippen LogP contribution < -0.4 is 20.1 Å². The minimum Gasteiger partial charge on any atom is -0.497 e. The minimum atomic E-state index is -0.111. The molecule has 2 heterocycles. The molecule has 1 aromatic carbocycles. The van der Waals surface area contributed by atoms with Gasteiger partial charge in [0.05, 0.1) is 32.0 Å². The van der Waals surface area contributed by atoms with E-state index in [9.17, 15) is 4.79 Å². The first-order valence-electron chi connectivity index (χ1n) is 9.13. The average molecular weight is 415 g/mol. The van der Waals surface area contributed by atoms with Crippen molar-refractivity contribution in [2.75, 3.05) is 24.9 Å². The molecule has 0 saturated carbocycles. The van der Waals surface area contributed by atoms with Crippen molar-refractivity contribution in [3.05, 3.63) is 56.6 Å². The van der Waals surface area contributed by atoms with E-state index >= 15 is 0 Å². The number of fused-ring (bicyclic) bond motifs is 1. The van der Waals surface area contributed by atoms with Gasteiger partial charge in [-0.1, -0.05) is 6.07 Å². The van der Waals surface area contributed by atoms with Crippen LogP contribution in [-0.4, -0.2) is 20.1 Å². The van der Waals surface area contributed by atoms with Gasteiger partial charge in [0, 0.05) is 15.8 Å². The molecule has 0 atom stereocenters. The highest BCUT2D eigenvalue weighted by molar-refractivity contribution is 7.16. The van der Waals surface area contributed by atoms with Crippen molar-refractivity contribution in [3.8, 4) is 11.5 Å². The second-order valence-corrected chi connectivity index (χ2v) is 8.65. The molecule has 0 aliphatic heterocycles. The first-order valence-corrected chi connectivity index (χ1v) is 10.8. The molecule has 4 rings (SSSR count). The van der Waals surface area contributed by atoms with Crippen LogP contribution in [0.1, 0.15) is 32.1 Å². The summed E-state index contributed by atoms with van der Waals surface area (Å²) in [5, 5.41) is 9.51. The predicted molar refractivity (Wildman–Crippen MR) is 115 cm³/mol. The van der Waals surface area contributed by atoms with Crippen LogP contribution in [0.15, 0.2) is 35.7 Å². The Balaban J connectivity index is 1.62. The minimum absolute atomic E-state index is 0.111. The summed E-state index contributed by atoms with van der Waals surface area (Å²) in [4.78, 5) is 15.8. The number of anilines is 2. The van der Waals surface area contributed by atoms with Crippen molar-refractivity contribution < 1.29 is 14.3 Å². The van der Waals surface area contributed by atoms with Crippen molar-refractivity contribution in [1.29, 1.82) is 0 Å². The van der Waals surface area contributed by atoms with Gasteiger partial charge < -0.3 is 20.1 Å². The molecular weight excluding hydrogens is 392 g/mol. The van der Waals surface area contributed by atoms with Gasteiger partial charge in [0.25, 0.3) is 5.91 Å². The van der Waals surface area contributed by atoms with E-state index in [4.69, 9.17) is 9.47 Å². The van der Waals surface area contributed by atoms with E-state index in [-0.39, 0.29) is 5.91 Å². The molecule has 0 saturated heterocycles. The lowest BCUT2D eigenvalue weighted by atomic mass is 10.1. The third kappa shape index (κ3) is 3.72. The molecule has 2 aromatic heterocycles. The lowest BCUT2D eigenvalue weighted by Crippen LogP contribution is -2.15. The van der Waals surface area contributed by atoms with E-state index in [1.807, 2.05) is 12.1 Å². The van der Waals surface area contributed by atoms with Gasteiger partial charge in [-0.05, 0) is 48.4 Å². The summed E-state index contributed by atoms with van der Waals surface area (Å²) in [6.45, 7) is 0.722.